The van der Waals surface area contributed by atoms with Crippen LogP contribution < -0.4 is 11.2 Å². The zero-order valence-electron chi connectivity index (χ0n) is 14.4. The Labute approximate surface area is 140 Å². The lowest BCUT2D eigenvalue weighted by Crippen LogP contribution is -2.42. The van der Waals surface area contributed by atoms with E-state index in [1.54, 1.807) is 0 Å². The zero-order valence-corrected chi connectivity index (χ0v) is 14.4. The first-order valence-electron chi connectivity index (χ1n) is 7.95. The number of carboxylic acid groups (broad SMARTS) is 1. The number of hydrogen-bond acceptors (Lipinski definition) is 3. The van der Waals surface area contributed by atoms with E-state index in [9.17, 15) is 19.5 Å². The Kier molecular flexibility index (Phi) is 5.07. The van der Waals surface area contributed by atoms with Gasteiger partial charge < -0.3 is 5.11 Å². The van der Waals surface area contributed by atoms with Gasteiger partial charge in [0, 0.05) is 12.7 Å². The van der Waals surface area contributed by atoms with Gasteiger partial charge in [-0.1, -0.05) is 25.1 Å². The summed E-state index contributed by atoms with van der Waals surface area (Å²) in [6.45, 7) is 7.39. The third kappa shape index (κ3) is 3.04. The Hall–Kier alpha value is -2.63. The number of nitrogens with zero attached hydrogens (tertiary/aromatic N) is 2. The lowest BCUT2D eigenvalue weighted by Gasteiger charge is -2.17. The molecule has 24 heavy (non-hydrogen) atoms. The fourth-order valence-electron chi connectivity index (χ4n) is 2.67. The number of benzene rings is 1. The van der Waals surface area contributed by atoms with Gasteiger partial charge in [0.25, 0.3) is 5.56 Å². The first kappa shape index (κ1) is 17.7. The molecular weight excluding hydrogens is 308 g/mol. The van der Waals surface area contributed by atoms with Gasteiger partial charge in [0.15, 0.2) is 0 Å². The summed E-state index contributed by atoms with van der Waals surface area (Å²) < 4.78 is 2.24. The highest BCUT2D eigenvalue weighted by molar-refractivity contribution is 5.72. The van der Waals surface area contributed by atoms with Crippen LogP contribution in [0.3, 0.4) is 0 Å². The molecule has 0 aliphatic rings. The number of aliphatic carboxylic acids is 1. The van der Waals surface area contributed by atoms with E-state index >= 15 is 0 Å². The minimum atomic E-state index is -1.12. The van der Waals surface area contributed by atoms with Crippen molar-refractivity contribution < 1.29 is 9.90 Å². The van der Waals surface area contributed by atoms with Crippen molar-refractivity contribution in [2.75, 3.05) is 0 Å². The van der Waals surface area contributed by atoms with Crippen LogP contribution in [0.4, 0.5) is 0 Å². The Balaban J connectivity index is 2.86. The monoisotopic (exact) mass is 330 g/mol. The second kappa shape index (κ2) is 6.86. The SMILES string of the molecule is CCCn1c(=O)c(-c2cccc(C)c2C)cn(C(C)C(=O)O)c1=O. The molecule has 2 rings (SSSR count). The van der Waals surface area contributed by atoms with Gasteiger partial charge in [0.2, 0.25) is 0 Å². The van der Waals surface area contributed by atoms with Crippen molar-refractivity contribution >= 4 is 5.97 Å². The molecule has 1 aromatic carbocycles. The number of carbonyl (C=O) groups is 1. The molecule has 1 aromatic heterocycles. The van der Waals surface area contributed by atoms with Crippen molar-refractivity contribution in [3.8, 4) is 11.1 Å². The van der Waals surface area contributed by atoms with E-state index in [0.717, 1.165) is 25.8 Å². The lowest BCUT2D eigenvalue weighted by molar-refractivity contribution is -0.140. The molecule has 1 N–H and O–H groups in total. The molecule has 0 saturated carbocycles. The molecule has 0 aliphatic heterocycles. The summed E-state index contributed by atoms with van der Waals surface area (Å²) in [4.78, 5) is 36.6. The van der Waals surface area contributed by atoms with Crippen LogP contribution in [0.5, 0.6) is 0 Å². The van der Waals surface area contributed by atoms with Gasteiger partial charge in [-0.3, -0.25) is 13.9 Å². The summed E-state index contributed by atoms with van der Waals surface area (Å²) in [6, 6.07) is 4.55. The van der Waals surface area contributed by atoms with E-state index in [0.29, 0.717) is 12.0 Å². The van der Waals surface area contributed by atoms with E-state index in [-0.39, 0.29) is 12.1 Å². The minimum absolute atomic E-state index is 0.253. The van der Waals surface area contributed by atoms with E-state index in [1.165, 1.54) is 13.1 Å². The molecule has 1 atom stereocenters. The molecule has 0 radical (unpaired) electrons. The molecular formula is C18H22N2O4. The Bertz CT molecular complexity index is 893. The highest BCUT2D eigenvalue weighted by Crippen LogP contribution is 2.22. The van der Waals surface area contributed by atoms with Crippen molar-refractivity contribution in [3.63, 3.8) is 0 Å². The second-order valence-electron chi connectivity index (χ2n) is 5.95. The van der Waals surface area contributed by atoms with Gasteiger partial charge in [-0.2, -0.15) is 0 Å². The lowest BCUT2D eigenvalue weighted by atomic mass is 9.99. The third-order valence-electron chi connectivity index (χ3n) is 4.31. The predicted octanol–water partition coefficient (Wildman–Crippen LogP) is 2.35. The van der Waals surface area contributed by atoms with Crippen LogP contribution in [0.2, 0.25) is 0 Å². The maximum Gasteiger partial charge on any atom is 0.331 e. The van der Waals surface area contributed by atoms with Crippen molar-refractivity contribution in [1.29, 1.82) is 0 Å². The summed E-state index contributed by atoms with van der Waals surface area (Å²) in [6.07, 6.45) is 1.98. The highest BCUT2D eigenvalue weighted by Gasteiger charge is 2.20. The van der Waals surface area contributed by atoms with E-state index in [2.05, 4.69) is 0 Å². The number of rotatable bonds is 5. The highest BCUT2D eigenvalue weighted by atomic mass is 16.4. The molecule has 6 nitrogen and oxygen atoms in total. The average molecular weight is 330 g/mol. The summed E-state index contributed by atoms with van der Waals surface area (Å²) >= 11 is 0. The molecule has 1 unspecified atom stereocenters. The average Bonchev–Trinajstić information content (AvgIpc) is 2.54. The van der Waals surface area contributed by atoms with E-state index in [1.807, 2.05) is 39.0 Å². The number of carboxylic acids is 1. The van der Waals surface area contributed by atoms with Crippen molar-refractivity contribution in [2.24, 2.45) is 0 Å². The summed E-state index contributed by atoms with van der Waals surface area (Å²) in [7, 11) is 0. The maximum atomic E-state index is 12.8. The van der Waals surface area contributed by atoms with Gasteiger partial charge in [0.05, 0.1) is 5.56 Å². The molecule has 0 saturated heterocycles. The molecule has 128 valence electrons. The molecule has 1 heterocycles. The van der Waals surface area contributed by atoms with Crippen LogP contribution in [0.15, 0.2) is 34.0 Å². The van der Waals surface area contributed by atoms with Gasteiger partial charge in [-0.25, -0.2) is 9.59 Å². The van der Waals surface area contributed by atoms with Crippen LogP contribution in [0.1, 0.15) is 37.4 Å². The van der Waals surface area contributed by atoms with Crippen molar-refractivity contribution in [1.82, 2.24) is 9.13 Å². The zero-order chi connectivity index (χ0) is 18.0. The maximum absolute atomic E-state index is 12.8. The molecule has 0 aliphatic carbocycles. The number of aromatic nitrogens is 2. The Morgan fingerprint density at radius 2 is 1.88 bits per heavy atom. The summed E-state index contributed by atoms with van der Waals surface area (Å²) in [5.41, 5.74) is 2.05. The van der Waals surface area contributed by atoms with Crippen LogP contribution in [-0.4, -0.2) is 20.2 Å². The molecule has 0 bridgehead atoms. The van der Waals surface area contributed by atoms with Crippen molar-refractivity contribution in [3.05, 3.63) is 56.4 Å². The second-order valence-corrected chi connectivity index (χ2v) is 5.95. The Morgan fingerprint density at radius 1 is 1.21 bits per heavy atom. The molecule has 6 heteroatoms. The van der Waals surface area contributed by atoms with E-state index in [4.69, 9.17) is 0 Å². The fraction of sp³-hybridized carbons (Fsp3) is 0.389. The topological polar surface area (TPSA) is 81.3 Å². The van der Waals surface area contributed by atoms with Gasteiger partial charge in [-0.15, -0.1) is 0 Å². The number of aryl methyl sites for hydroxylation is 1. The van der Waals surface area contributed by atoms with E-state index < -0.39 is 17.7 Å². The first-order chi connectivity index (χ1) is 11.3. The molecule has 2 aromatic rings. The summed E-state index contributed by atoms with van der Waals surface area (Å²) in [5, 5.41) is 9.26. The quantitative estimate of drug-likeness (QED) is 0.912. The van der Waals surface area contributed by atoms with Crippen LogP contribution in [0.25, 0.3) is 11.1 Å². The van der Waals surface area contributed by atoms with Crippen LogP contribution in [-0.2, 0) is 11.3 Å². The van der Waals surface area contributed by atoms with Crippen molar-refractivity contribution in [2.45, 2.75) is 46.7 Å². The van der Waals surface area contributed by atoms with Gasteiger partial charge in [0.1, 0.15) is 6.04 Å². The molecule has 0 amide bonds. The standard InChI is InChI=1S/C18H22N2O4/c1-5-9-19-16(21)15(14-8-6-7-11(2)12(14)3)10-20(18(19)24)13(4)17(22)23/h6-8,10,13H,5,9H2,1-4H3,(H,22,23). The predicted molar refractivity (Wildman–Crippen MR) is 92.5 cm³/mol. The minimum Gasteiger partial charge on any atom is -0.480 e. The molecule has 0 spiro atoms. The first-order valence-corrected chi connectivity index (χ1v) is 7.95. The van der Waals surface area contributed by atoms with Crippen LogP contribution in [0, 0.1) is 13.8 Å². The largest absolute Gasteiger partial charge is 0.480 e. The smallest absolute Gasteiger partial charge is 0.331 e. The normalized spacial score (nSPS) is 12.2. The third-order valence-corrected chi connectivity index (χ3v) is 4.31. The van der Waals surface area contributed by atoms with Gasteiger partial charge in [-0.05, 0) is 43.9 Å². The fourth-order valence-corrected chi connectivity index (χ4v) is 2.67. The summed E-state index contributed by atoms with van der Waals surface area (Å²) in [5.74, 6) is -1.12. The van der Waals surface area contributed by atoms with Gasteiger partial charge >= 0.3 is 11.7 Å². The molecule has 0 fully saturated rings. The number of hydrogen-bond donors (Lipinski definition) is 1. The van der Waals surface area contributed by atoms with Crippen LogP contribution >= 0.6 is 0 Å². The Morgan fingerprint density at radius 3 is 2.46 bits per heavy atom.